The first-order valence-electron chi connectivity index (χ1n) is 12.7. The summed E-state index contributed by atoms with van der Waals surface area (Å²) in [6.07, 6.45) is 1.79. The van der Waals surface area contributed by atoms with Crippen molar-refractivity contribution in [1.82, 2.24) is 4.90 Å². The van der Waals surface area contributed by atoms with Crippen LogP contribution in [0.3, 0.4) is 0 Å². The fourth-order valence-corrected chi connectivity index (χ4v) is 10.6. The Bertz CT molecular complexity index is 840. The lowest BCUT2D eigenvalue weighted by molar-refractivity contribution is -0.314. The molecule has 0 radical (unpaired) electrons. The van der Waals surface area contributed by atoms with Crippen LogP contribution >= 0.6 is 0 Å². The fraction of sp³-hybridized carbons (Fsp3) is 0.960. The molecule has 0 aromatic heterocycles. The minimum absolute atomic E-state index is 0.0465. The summed E-state index contributed by atoms with van der Waals surface area (Å²) in [4.78, 5) is 14.8. The lowest BCUT2D eigenvalue weighted by Gasteiger charge is -2.68. The quantitative estimate of drug-likeness (QED) is 0.576. The summed E-state index contributed by atoms with van der Waals surface area (Å²) in [5, 5.41) is 25.6. The van der Waals surface area contributed by atoms with Crippen molar-refractivity contribution in [3.63, 3.8) is 0 Å². The lowest BCUT2D eigenvalue weighted by Crippen LogP contribution is -2.81. The summed E-state index contributed by atoms with van der Waals surface area (Å²) in [5.74, 6) is -0.172. The van der Waals surface area contributed by atoms with Crippen LogP contribution in [0, 0.1) is 35.0 Å². The van der Waals surface area contributed by atoms with E-state index in [1.807, 2.05) is 0 Å². The smallest absolute Gasteiger partial charge is 0.303 e. The molecule has 1 aliphatic heterocycles. The second kappa shape index (κ2) is 7.14. The molecular weight excluding hydrogens is 426 g/mol. The molecule has 1 spiro atoms. The molecule has 8 nitrogen and oxygen atoms in total. The van der Waals surface area contributed by atoms with Gasteiger partial charge in [-0.1, -0.05) is 6.92 Å². The van der Waals surface area contributed by atoms with E-state index >= 15 is 0 Å². The van der Waals surface area contributed by atoms with Crippen LogP contribution in [-0.4, -0.2) is 97.2 Å². The summed E-state index contributed by atoms with van der Waals surface area (Å²) in [7, 11) is 5.16. The van der Waals surface area contributed by atoms with E-state index in [0.717, 1.165) is 32.4 Å². The maximum atomic E-state index is 12.9. The summed E-state index contributed by atoms with van der Waals surface area (Å²) in [6.45, 7) is 5.14. The third kappa shape index (κ3) is 2.28. The van der Waals surface area contributed by atoms with Crippen LogP contribution in [0.5, 0.6) is 0 Å². The molecule has 7 bridgehead atoms. The number of ether oxygens (including phenoxy) is 4. The molecule has 6 fully saturated rings. The zero-order chi connectivity index (χ0) is 23.5. The predicted molar refractivity (Wildman–Crippen MR) is 117 cm³/mol. The minimum Gasteiger partial charge on any atom is -0.459 e. The number of esters is 1. The molecule has 2 N–H and O–H groups in total. The topological polar surface area (TPSA) is 97.7 Å². The maximum absolute atomic E-state index is 12.9. The van der Waals surface area contributed by atoms with E-state index in [9.17, 15) is 15.0 Å². The maximum Gasteiger partial charge on any atom is 0.303 e. The number of fused-ring (bicyclic) bond motifs is 2. The molecule has 33 heavy (non-hydrogen) atoms. The van der Waals surface area contributed by atoms with Gasteiger partial charge in [-0.25, -0.2) is 0 Å². The Morgan fingerprint density at radius 1 is 1.09 bits per heavy atom. The molecule has 6 rings (SSSR count). The Labute approximate surface area is 195 Å². The number of hydrogen-bond donors (Lipinski definition) is 2. The molecule has 13 unspecified atom stereocenters. The first-order chi connectivity index (χ1) is 15.7. The number of likely N-dealkylation sites (N-methyl/N-ethyl adjacent to an activating group) is 1. The predicted octanol–water partition coefficient (Wildman–Crippen LogP) is 0.825. The number of carbonyl (C=O) groups is 1. The van der Waals surface area contributed by atoms with Gasteiger partial charge in [-0.3, -0.25) is 9.69 Å². The van der Waals surface area contributed by atoms with Crippen molar-refractivity contribution in [3.05, 3.63) is 0 Å². The van der Waals surface area contributed by atoms with E-state index in [4.69, 9.17) is 18.9 Å². The molecule has 13 atom stereocenters. The van der Waals surface area contributed by atoms with Crippen molar-refractivity contribution in [2.24, 2.45) is 35.0 Å². The first-order valence-corrected chi connectivity index (χ1v) is 12.7. The van der Waals surface area contributed by atoms with Crippen molar-refractivity contribution in [2.75, 3.05) is 34.4 Å². The summed E-state index contributed by atoms with van der Waals surface area (Å²) < 4.78 is 24.3. The highest BCUT2D eigenvalue weighted by atomic mass is 16.6. The van der Waals surface area contributed by atoms with E-state index < -0.39 is 28.7 Å². The lowest BCUT2D eigenvalue weighted by atomic mass is 9.45. The highest BCUT2D eigenvalue weighted by Crippen LogP contribution is 2.78. The normalized spacial score (nSPS) is 58.4. The Kier molecular flexibility index (Phi) is 4.91. The summed E-state index contributed by atoms with van der Waals surface area (Å²) >= 11 is 0. The summed E-state index contributed by atoms with van der Waals surface area (Å²) in [6, 6.07) is -0.344. The second-order valence-electron chi connectivity index (χ2n) is 11.6. The SMILES string of the molecule is CCN1CC2CCC(OC)C34C5CC6C(OC)CC(O)(C5C6OC)C(O)(C(OC(C)=O)C23)C14. The van der Waals surface area contributed by atoms with Crippen LogP contribution in [0.15, 0.2) is 0 Å². The van der Waals surface area contributed by atoms with Crippen molar-refractivity contribution in [1.29, 1.82) is 0 Å². The number of carbonyl (C=O) groups excluding carboxylic acids is 1. The second-order valence-corrected chi connectivity index (χ2v) is 11.6. The fourth-order valence-electron chi connectivity index (χ4n) is 10.6. The third-order valence-electron chi connectivity index (χ3n) is 11.1. The first kappa shape index (κ1) is 22.7. The molecule has 0 aromatic carbocycles. The average Bonchev–Trinajstić information content (AvgIpc) is 3.19. The van der Waals surface area contributed by atoms with E-state index in [1.165, 1.54) is 6.92 Å². The molecule has 0 amide bonds. The van der Waals surface area contributed by atoms with Gasteiger partial charge in [0, 0.05) is 64.4 Å². The highest BCUT2D eigenvalue weighted by Gasteiger charge is 2.90. The molecular formula is C25H39NO7. The van der Waals surface area contributed by atoms with Gasteiger partial charge in [-0.2, -0.15) is 0 Å². The molecule has 5 saturated carbocycles. The van der Waals surface area contributed by atoms with Gasteiger partial charge in [-0.15, -0.1) is 0 Å². The standard InChI is InChI=1S/C25H39NO7/c1-6-26-11-13-7-8-17(31-4)24-15-9-14-16(30-3)10-23(28,19(15)20(14)32-5)25(29,22(24)26)21(18(13)24)33-12(2)27/h13-22,28-29H,6-11H2,1-5H3. The Morgan fingerprint density at radius 3 is 2.45 bits per heavy atom. The van der Waals surface area contributed by atoms with E-state index in [-0.39, 0.29) is 53.9 Å². The van der Waals surface area contributed by atoms with Crippen molar-refractivity contribution in [3.8, 4) is 0 Å². The number of hydrogen-bond acceptors (Lipinski definition) is 8. The van der Waals surface area contributed by atoms with Crippen LogP contribution in [0.25, 0.3) is 0 Å². The number of likely N-dealkylation sites (tertiary alicyclic amines) is 1. The number of aliphatic hydroxyl groups is 2. The van der Waals surface area contributed by atoms with Crippen molar-refractivity contribution >= 4 is 5.97 Å². The van der Waals surface area contributed by atoms with Crippen LogP contribution < -0.4 is 0 Å². The van der Waals surface area contributed by atoms with E-state index in [0.29, 0.717) is 6.42 Å². The van der Waals surface area contributed by atoms with E-state index in [2.05, 4.69) is 11.8 Å². The van der Waals surface area contributed by atoms with Gasteiger partial charge >= 0.3 is 5.97 Å². The largest absolute Gasteiger partial charge is 0.459 e. The number of rotatable bonds is 5. The van der Waals surface area contributed by atoms with E-state index in [1.54, 1.807) is 21.3 Å². The minimum atomic E-state index is -1.63. The molecule has 0 aromatic rings. The number of methoxy groups -OCH3 is 3. The van der Waals surface area contributed by atoms with Crippen LogP contribution in [-0.2, 0) is 23.7 Å². The average molecular weight is 466 g/mol. The van der Waals surface area contributed by atoms with Crippen molar-refractivity contribution in [2.45, 2.75) is 81.2 Å². The molecule has 186 valence electrons. The Hall–Kier alpha value is -0.770. The molecule has 1 heterocycles. The molecule has 8 heteroatoms. The third-order valence-corrected chi connectivity index (χ3v) is 11.1. The summed E-state index contributed by atoms with van der Waals surface area (Å²) in [5.41, 5.74) is -3.52. The Balaban J connectivity index is 1.66. The highest BCUT2D eigenvalue weighted by molar-refractivity contribution is 5.66. The molecule has 6 aliphatic rings. The number of nitrogens with zero attached hydrogens (tertiary/aromatic N) is 1. The van der Waals surface area contributed by atoms with Gasteiger partial charge in [0.25, 0.3) is 0 Å². The van der Waals surface area contributed by atoms with Crippen LogP contribution in [0.4, 0.5) is 0 Å². The van der Waals surface area contributed by atoms with Gasteiger partial charge in [0.15, 0.2) is 0 Å². The van der Waals surface area contributed by atoms with Gasteiger partial charge in [0.05, 0.1) is 24.4 Å². The van der Waals surface area contributed by atoms with Crippen LogP contribution in [0.2, 0.25) is 0 Å². The zero-order valence-corrected chi connectivity index (χ0v) is 20.4. The van der Waals surface area contributed by atoms with Gasteiger partial charge in [0.2, 0.25) is 0 Å². The zero-order valence-electron chi connectivity index (χ0n) is 20.4. The molecule has 5 aliphatic carbocycles. The van der Waals surface area contributed by atoms with Crippen LogP contribution in [0.1, 0.15) is 39.5 Å². The number of piperidine rings is 1. The van der Waals surface area contributed by atoms with Gasteiger partial charge in [0.1, 0.15) is 17.3 Å². The van der Waals surface area contributed by atoms with Crippen molar-refractivity contribution < 1.29 is 34.0 Å². The monoisotopic (exact) mass is 465 g/mol. The van der Waals surface area contributed by atoms with Gasteiger partial charge in [-0.05, 0) is 37.6 Å². The molecule has 1 saturated heterocycles. The Morgan fingerprint density at radius 2 is 1.85 bits per heavy atom. The van der Waals surface area contributed by atoms with Gasteiger partial charge < -0.3 is 29.2 Å².